The van der Waals surface area contributed by atoms with Crippen molar-refractivity contribution in [3.63, 3.8) is 0 Å². The van der Waals surface area contributed by atoms with Crippen molar-refractivity contribution in [1.29, 1.82) is 0 Å². The van der Waals surface area contributed by atoms with Crippen LogP contribution in [0.25, 0.3) is 11.3 Å². The summed E-state index contributed by atoms with van der Waals surface area (Å²) in [6, 6.07) is 12.8. The number of aromatic nitrogens is 1. The van der Waals surface area contributed by atoms with Crippen LogP contribution >= 0.6 is 27.5 Å². The quantitative estimate of drug-likeness (QED) is 0.375. The summed E-state index contributed by atoms with van der Waals surface area (Å²) in [5, 5.41) is 4.01. The van der Waals surface area contributed by atoms with Gasteiger partial charge in [0, 0.05) is 16.2 Å². The number of hydrogen-bond acceptors (Lipinski definition) is 4. The molecular formula is C18H13BrClN3O2. The smallest absolute Gasteiger partial charge is 0.274 e. The average Bonchev–Trinajstić information content (AvgIpc) is 3.03. The highest BCUT2D eigenvalue weighted by atomic mass is 79.9. The first-order chi connectivity index (χ1) is 12.0. The van der Waals surface area contributed by atoms with E-state index in [9.17, 15) is 4.79 Å². The van der Waals surface area contributed by atoms with E-state index < -0.39 is 5.91 Å². The number of furan rings is 1. The molecule has 0 atom stereocenters. The zero-order valence-corrected chi connectivity index (χ0v) is 15.5. The third-order valence-electron chi connectivity index (χ3n) is 3.38. The van der Waals surface area contributed by atoms with E-state index in [0.717, 1.165) is 15.6 Å². The minimum atomic E-state index is -0.442. The van der Waals surface area contributed by atoms with Gasteiger partial charge >= 0.3 is 0 Å². The lowest BCUT2D eigenvalue weighted by Crippen LogP contribution is -2.18. The molecule has 1 amide bonds. The van der Waals surface area contributed by atoms with E-state index >= 15 is 0 Å². The normalized spacial score (nSPS) is 11.0. The molecule has 0 saturated carbocycles. The molecule has 0 unspecified atom stereocenters. The number of aryl methyl sites for hydroxylation is 1. The molecule has 7 heteroatoms. The van der Waals surface area contributed by atoms with Crippen molar-refractivity contribution in [1.82, 2.24) is 10.4 Å². The van der Waals surface area contributed by atoms with Crippen LogP contribution in [0.3, 0.4) is 0 Å². The Labute approximate surface area is 157 Å². The van der Waals surface area contributed by atoms with Crippen molar-refractivity contribution >= 4 is 39.7 Å². The summed E-state index contributed by atoms with van der Waals surface area (Å²) in [6.45, 7) is 2.02. The largest absolute Gasteiger partial charge is 0.455 e. The fraction of sp³-hybridized carbons (Fsp3) is 0.0556. The minimum Gasteiger partial charge on any atom is -0.455 e. The van der Waals surface area contributed by atoms with Crippen molar-refractivity contribution in [3.8, 4) is 11.3 Å². The predicted molar refractivity (Wildman–Crippen MR) is 101 cm³/mol. The monoisotopic (exact) mass is 417 g/mol. The maximum Gasteiger partial charge on any atom is 0.274 e. The summed E-state index contributed by atoms with van der Waals surface area (Å²) >= 11 is 9.39. The fourth-order valence-corrected chi connectivity index (χ4v) is 3.05. The standard InChI is InChI=1S/C18H13BrClN3O2/c1-11-4-6-13(15(19)9-11)16-7-5-12(25-16)10-22-23-18(24)14-3-2-8-21-17(14)20/h2-10H,1H3,(H,23,24). The fourth-order valence-electron chi connectivity index (χ4n) is 2.16. The number of hydrazone groups is 1. The van der Waals surface area contributed by atoms with Gasteiger partial charge in [-0.15, -0.1) is 0 Å². The minimum absolute atomic E-state index is 0.125. The molecule has 0 aliphatic heterocycles. The van der Waals surface area contributed by atoms with Crippen molar-refractivity contribution in [2.45, 2.75) is 6.92 Å². The molecule has 0 aliphatic carbocycles. The summed E-state index contributed by atoms with van der Waals surface area (Å²) in [6.07, 6.45) is 2.93. The number of carbonyl (C=O) groups excluding carboxylic acids is 1. The van der Waals surface area contributed by atoms with Gasteiger partial charge in [-0.2, -0.15) is 5.10 Å². The van der Waals surface area contributed by atoms with Crippen LogP contribution in [-0.2, 0) is 0 Å². The maximum absolute atomic E-state index is 12.0. The molecule has 5 nitrogen and oxygen atoms in total. The number of amides is 1. The number of carbonyl (C=O) groups is 1. The SMILES string of the molecule is Cc1ccc(-c2ccc(C=NNC(=O)c3cccnc3Cl)o2)c(Br)c1. The molecule has 2 heterocycles. The predicted octanol–water partition coefficient (Wildman–Crippen LogP) is 4.83. The van der Waals surface area contributed by atoms with Gasteiger partial charge in [-0.1, -0.05) is 33.6 Å². The van der Waals surface area contributed by atoms with E-state index in [0.29, 0.717) is 11.5 Å². The first kappa shape index (κ1) is 17.4. The van der Waals surface area contributed by atoms with Crippen LogP contribution < -0.4 is 5.43 Å². The number of pyridine rings is 1. The Morgan fingerprint density at radius 3 is 2.92 bits per heavy atom. The second kappa shape index (κ2) is 7.63. The molecule has 126 valence electrons. The van der Waals surface area contributed by atoms with Gasteiger partial charge in [0.15, 0.2) is 0 Å². The van der Waals surface area contributed by atoms with Gasteiger partial charge in [0.2, 0.25) is 0 Å². The second-order valence-electron chi connectivity index (χ2n) is 5.23. The van der Waals surface area contributed by atoms with Gasteiger partial charge < -0.3 is 4.42 Å². The Morgan fingerprint density at radius 2 is 2.16 bits per heavy atom. The van der Waals surface area contributed by atoms with Crippen molar-refractivity contribution < 1.29 is 9.21 Å². The van der Waals surface area contributed by atoms with Crippen molar-refractivity contribution in [2.24, 2.45) is 5.10 Å². The molecule has 25 heavy (non-hydrogen) atoms. The summed E-state index contributed by atoms with van der Waals surface area (Å²) < 4.78 is 6.68. The lowest BCUT2D eigenvalue weighted by molar-refractivity contribution is 0.0955. The van der Waals surface area contributed by atoms with E-state index in [1.807, 2.05) is 31.2 Å². The van der Waals surface area contributed by atoms with Gasteiger partial charge in [-0.25, -0.2) is 10.4 Å². The molecule has 3 aromatic rings. The number of nitrogens with one attached hydrogen (secondary N) is 1. The Morgan fingerprint density at radius 1 is 1.32 bits per heavy atom. The summed E-state index contributed by atoms with van der Waals surface area (Å²) in [4.78, 5) is 15.8. The van der Waals surface area contributed by atoms with E-state index in [4.69, 9.17) is 16.0 Å². The van der Waals surface area contributed by atoms with Crippen LogP contribution in [0.15, 0.2) is 62.7 Å². The molecule has 0 saturated heterocycles. The van der Waals surface area contributed by atoms with Crippen LogP contribution in [-0.4, -0.2) is 17.1 Å². The first-order valence-electron chi connectivity index (χ1n) is 7.35. The molecule has 1 N–H and O–H groups in total. The van der Waals surface area contributed by atoms with E-state index in [1.165, 1.54) is 12.4 Å². The molecule has 0 spiro atoms. The highest BCUT2D eigenvalue weighted by Crippen LogP contribution is 2.30. The highest BCUT2D eigenvalue weighted by Gasteiger charge is 2.10. The molecule has 0 radical (unpaired) electrons. The summed E-state index contributed by atoms with van der Waals surface area (Å²) in [7, 11) is 0. The second-order valence-corrected chi connectivity index (χ2v) is 6.44. The molecule has 0 bridgehead atoms. The summed E-state index contributed by atoms with van der Waals surface area (Å²) in [5.41, 5.74) is 4.74. The molecule has 0 fully saturated rings. The molecule has 1 aromatic carbocycles. The van der Waals surface area contributed by atoms with Gasteiger partial charge in [-0.05, 0) is 48.9 Å². The van der Waals surface area contributed by atoms with Crippen LogP contribution in [0.2, 0.25) is 5.15 Å². The van der Waals surface area contributed by atoms with Gasteiger partial charge in [0.05, 0.1) is 11.8 Å². The van der Waals surface area contributed by atoms with Gasteiger partial charge in [0.1, 0.15) is 16.7 Å². The first-order valence-corrected chi connectivity index (χ1v) is 8.52. The zero-order chi connectivity index (χ0) is 17.8. The van der Waals surface area contributed by atoms with Crippen LogP contribution in [0.5, 0.6) is 0 Å². The Balaban J connectivity index is 1.70. The number of nitrogens with zero attached hydrogens (tertiary/aromatic N) is 2. The number of hydrogen-bond donors (Lipinski definition) is 1. The number of benzene rings is 1. The number of rotatable bonds is 4. The van der Waals surface area contributed by atoms with E-state index in [-0.39, 0.29) is 10.7 Å². The van der Waals surface area contributed by atoms with Crippen molar-refractivity contribution in [3.05, 3.63) is 75.2 Å². The Bertz CT molecular complexity index is 953. The molecular weight excluding hydrogens is 406 g/mol. The van der Waals surface area contributed by atoms with Crippen LogP contribution in [0, 0.1) is 6.92 Å². The topological polar surface area (TPSA) is 67.5 Å². The maximum atomic E-state index is 12.0. The Kier molecular flexibility index (Phi) is 5.31. The van der Waals surface area contributed by atoms with Gasteiger partial charge in [-0.3, -0.25) is 4.79 Å². The zero-order valence-electron chi connectivity index (χ0n) is 13.2. The third kappa shape index (κ3) is 4.15. The van der Waals surface area contributed by atoms with Crippen molar-refractivity contribution in [2.75, 3.05) is 0 Å². The average molecular weight is 419 g/mol. The highest BCUT2D eigenvalue weighted by molar-refractivity contribution is 9.10. The Hall–Kier alpha value is -2.44. The van der Waals surface area contributed by atoms with Crippen LogP contribution in [0.4, 0.5) is 0 Å². The molecule has 0 aliphatic rings. The van der Waals surface area contributed by atoms with E-state index in [1.54, 1.807) is 18.2 Å². The third-order valence-corrected chi connectivity index (χ3v) is 4.34. The number of halogens is 2. The molecule has 2 aromatic heterocycles. The van der Waals surface area contributed by atoms with Gasteiger partial charge in [0.25, 0.3) is 5.91 Å². The summed E-state index contributed by atoms with van der Waals surface area (Å²) in [5.74, 6) is 0.775. The van der Waals surface area contributed by atoms with Crippen LogP contribution in [0.1, 0.15) is 21.7 Å². The lowest BCUT2D eigenvalue weighted by atomic mass is 10.1. The lowest BCUT2D eigenvalue weighted by Gasteiger charge is -2.02. The van der Waals surface area contributed by atoms with E-state index in [2.05, 4.69) is 31.4 Å². The molecule has 3 rings (SSSR count).